The molecule has 0 saturated carbocycles. The third kappa shape index (κ3) is 3.90. The normalized spacial score (nSPS) is 12.0. The minimum atomic E-state index is -1.78. The first-order chi connectivity index (χ1) is 9.97. The fourth-order valence-electron chi connectivity index (χ4n) is 2.12. The molecule has 1 amide bonds. The molecule has 0 fully saturated rings. The molecule has 0 unspecified atom stereocenters. The van der Waals surface area contributed by atoms with Crippen molar-refractivity contribution in [3.63, 3.8) is 0 Å². The van der Waals surface area contributed by atoms with Crippen LogP contribution < -0.4 is 5.32 Å². The van der Waals surface area contributed by atoms with Crippen LogP contribution in [0.1, 0.15) is 23.7 Å². The average molecular weight is 285 g/mol. The van der Waals surface area contributed by atoms with Crippen LogP contribution >= 0.6 is 0 Å². The molecule has 0 aliphatic carbocycles. The van der Waals surface area contributed by atoms with Gasteiger partial charge in [-0.3, -0.25) is 9.59 Å². The molecule has 0 heterocycles. The maximum atomic E-state index is 12.1. The molecule has 0 saturated heterocycles. The van der Waals surface area contributed by atoms with Crippen LogP contribution in [-0.2, 0) is 4.79 Å². The fraction of sp³-hybridized carbons (Fsp3) is 0.200. The van der Waals surface area contributed by atoms with Gasteiger partial charge >= 0.3 is 7.12 Å². The molecule has 0 aliphatic heterocycles. The van der Waals surface area contributed by atoms with E-state index in [0.717, 1.165) is 10.8 Å². The first-order valence-corrected chi connectivity index (χ1v) is 6.62. The molecule has 21 heavy (non-hydrogen) atoms. The Morgan fingerprint density at radius 3 is 2.43 bits per heavy atom. The highest BCUT2D eigenvalue weighted by atomic mass is 16.4. The number of ketones is 1. The molecule has 3 N–H and O–H groups in total. The molecule has 0 bridgehead atoms. The monoisotopic (exact) mass is 285 g/mol. The predicted molar refractivity (Wildman–Crippen MR) is 80.7 cm³/mol. The molecule has 5 nitrogen and oxygen atoms in total. The third-order valence-electron chi connectivity index (χ3n) is 3.20. The van der Waals surface area contributed by atoms with Crippen molar-refractivity contribution in [2.24, 2.45) is 0 Å². The van der Waals surface area contributed by atoms with Crippen LogP contribution in [-0.4, -0.2) is 34.8 Å². The zero-order chi connectivity index (χ0) is 15.4. The highest BCUT2D eigenvalue weighted by Gasteiger charge is 2.26. The van der Waals surface area contributed by atoms with E-state index in [-0.39, 0.29) is 12.2 Å². The van der Waals surface area contributed by atoms with Crippen LogP contribution in [0.3, 0.4) is 0 Å². The smallest absolute Gasteiger partial charge is 0.426 e. The van der Waals surface area contributed by atoms with Gasteiger partial charge < -0.3 is 15.4 Å². The largest absolute Gasteiger partial charge is 0.475 e. The molecule has 0 spiro atoms. The van der Waals surface area contributed by atoms with Crippen molar-refractivity contribution >= 4 is 29.6 Å². The Morgan fingerprint density at radius 1 is 1.14 bits per heavy atom. The van der Waals surface area contributed by atoms with Gasteiger partial charge in [0.1, 0.15) is 5.78 Å². The first kappa shape index (κ1) is 15.2. The number of nitrogens with one attached hydrogen (secondary N) is 1. The second kappa shape index (κ2) is 6.52. The predicted octanol–water partition coefficient (Wildman–Crippen LogP) is 0.929. The summed E-state index contributed by atoms with van der Waals surface area (Å²) in [5.41, 5.74) is 0.405. The minimum absolute atomic E-state index is 0.128. The van der Waals surface area contributed by atoms with Crippen LogP contribution in [0.2, 0.25) is 0 Å². The Morgan fingerprint density at radius 2 is 1.81 bits per heavy atom. The summed E-state index contributed by atoms with van der Waals surface area (Å²) in [6.45, 7) is 1.33. The lowest BCUT2D eigenvalue weighted by atomic mass is 9.76. The highest BCUT2D eigenvalue weighted by molar-refractivity contribution is 6.44. The fourth-order valence-corrected chi connectivity index (χ4v) is 2.12. The van der Waals surface area contributed by atoms with Crippen molar-refractivity contribution in [3.8, 4) is 0 Å². The van der Waals surface area contributed by atoms with Crippen LogP contribution in [0.25, 0.3) is 10.8 Å². The van der Waals surface area contributed by atoms with Crippen LogP contribution in [0.5, 0.6) is 0 Å². The zero-order valence-electron chi connectivity index (χ0n) is 11.6. The van der Waals surface area contributed by atoms with E-state index in [1.807, 2.05) is 30.3 Å². The molecule has 0 radical (unpaired) electrons. The molecule has 2 aromatic carbocycles. The lowest BCUT2D eigenvalue weighted by molar-refractivity contribution is -0.117. The van der Waals surface area contributed by atoms with E-state index in [0.29, 0.717) is 5.56 Å². The van der Waals surface area contributed by atoms with Gasteiger partial charge in [0.15, 0.2) is 0 Å². The first-order valence-electron chi connectivity index (χ1n) is 6.62. The number of amides is 1. The van der Waals surface area contributed by atoms with Gasteiger partial charge in [-0.2, -0.15) is 0 Å². The molecule has 108 valence electrons. The molecule has 2 rings (SSSR count). The van der Waals surface area contributed by atoms with Gasteiger partial charge in [0.25, 0.3) is 5.91 Å². The zero-order valence-corrected chi connectivity index (χ0v) is 11.6. The third-order valence-corrected chi connectivity index (χ3v) is 3.20. The Kier molecular flexibility index (Phi) is 4.72. The SMILES string of the molecule is CC(=O)C[C@H](NC(=O)c1ccc2ccccc2c1)B(O)O. The number of hydrogen-bond donors (Lipinski definition) is 3. The van der Waals surface area contributed by atoms with E-state index in [1.54, 1.807) is 12.1 Å². The highest BCUT2D eigenvalue weighted by Crippen LogP contribution is 2.15. The summed E-state index contributed by atoms with van der Waals surface area (Å²) in [6.07, 6.45) is -0.128. The van der Waals surface area contributed by atoms with Crippen molar-refractivity contribution in [2.75, 3.05) is 0 Å². The van der Waals surface area contributed by atoms with Crippen LogP contribution in [0, 0.1) is 0 Å². The van der Waals surface area contributed by atoms with E-state index >= 15 is 0 Å². The lowest BCUT2D eigenvalue weighted by Gasteiger charge is -2.16. The summed E-state index contributed by atoms with van der Waals surface area (Å²) in [5, 5.41) is 22.8. The summed E-state index contributed by atoms with van der Waals surface area (Å²) in [4.78, 5) is 23.2. The Hall–Kier alpha value is -2.18. The van der Waals surface area contributed by atoms with E-state index < -0.39 is 19.0 Å². The summed E-state index contributed by atoms with van der Waals surface area (Å²) >= 11 is 0. The standard InChI is InChI=1S/C15H16BNO4/c1-10(18)8-14(16(20)21)17-15(19)13-7-6-11-4-2-3-5-12(11)9-13/h2-7,9,14,20-21H,8H2,1H3,(H,17,19)/t14-/m0/s1. The second-order valence-corrected chi connectivity index (χ2v) is 4.96. The van der Waals surface area contributed by atoms with E-state index in [9.17, 15) is 19.6 Å². The molecule has 6 heteroatoms. The van der Waals surface area contributed by atoms with E-state index in [4.69, 9.17) is 0 Å². The Balaban J connectivity index is 2.18. The summed E-state index contributed by atoms with van der Waals surface area (Å²) in [5.74, 6) is -1.69. The lowest BCUT2D eigenvalue weighted by Crippen LogP contribution is -2.47. The molecular weight excluding hydrogens is 269 g/mol. The minimum Gasteiger partial charge on any atom is -0.426 e. The number of fused-ring (bicyclic) bond motifs is 1. The van der Waals surface area contributed by atoms with Crippen molar-refractivity contribution < 1.29 is 19.6 Å². The van der Waals surface area contributed by atoms with E-state index in [2.05, 4.69) is 5.32 Å². The number of carbonyl (C=O) groups excluding carboxylic acids is 2. The van der Waals surface area contributed by atoms with Gasteiger partial charge in [0, 0.05) is 12.0 Å². The summed E-state index contributed by atoms with van der Waals surface area (Å²) in [6, 6.07) is 12.8. The van der Waals surface area contributed by atoms with Crippen molar-refractivity contribution in [1.29, 1.82) is 0 Å². The number of benzene rings is 2. The van der Waals surface area contributed by atoms with E-state index in [1.165, 1.54) is 6.92 Å². The number of rotatable bonds is 5. The summed E-state index contributed by atoms with van der Waals surface area (Å²) < 4.78 is 0. The van der Waals surface area contributed by atoms with Crippen molar-refractivity contribution in [1.82, 2.24) is 5.32 Å². The topological polar surface area (TPSA) is 86.6 Å². The van der Waals surface area contributed by atoms with Crippen molar-refractivity contribution in [2.45, 2.75) is 19.3 Å². The maximum absolute atomic E-state index is 12.1. The summed E-state index contributed by atoms with van der Waals surface area (Å²) in [7, 11) is -1.78. The van der Waals surface area contributed by atoms with Crippen LogP contribution in [0.15, 0.2) is 42.5 Å². The van der Waals surface area contributed by atoms with Crippen molar-refractivity contribution in [3.05, 3.63) is 48.0 Å². The second-order valence-electron chi connectivity index (χ2n) is 4.96. The Bertz CT molecular complexity index is 672. The van der Waals surface area contributed by atoms with Gasteiger partial charge in [-0.1, -0.05) is 30.3 Å². The van der Waals surface area contributed by atoms with Gasteiger partial charge in [0.2, 0.25) is 0 Å². The van der Waals surface area contributed by atoms with Crippen LogP contribution in [0.4, 0.5) is 0 Å². The molecule has 1 atom stereocenters. The number of carbonyl (C=O) groups is 2. The van der Waals surface area contributed by atoms with Gasteiger partial charge in [-0.15, -0.1) is 0 Å². The Labute approximate surface area is 122 Å². The maximum Gasteiger partial charge on any atom is 0.475 e. The number of Topliss-reactive ketones (excluding diaryl/α,β-unsaturated/α-hetero) is 1. The van der Waals surface area contributed by atoms with Gasteiger partial charge in [-0.05, 0) is 29.8 Å². The molecular formula is C15H16BNO4. The molecule has 0 aromatic heterocycles. The van der Waals surface area contributed by atoms with Gasteiger partial charge in [0.05, 0.1) is 5.94 Å². The quantitative estimate of drug-likeness (QED) is 0.713. The van der Waals surface area contributed by atoms with Gasteiger partial charge in [-0.25, -0.2) is 0 Å². The number of hydrogen-bond acceptors (Lipinski definition) is 4. The molecule has 2 aromatic rings. The molecule has 0 aliphatic rings. The average Bonchev–Trinajstić information content (AvgIpc) is 2.45.